The molecule has 1 amide bonds. The number of hydrogen-bond acceptors (Lipinski definition) is 5. The number of amides is 1. The highest BCUT2D eigenvalue weighted by atomic mass is 16.5. The van der Waals surface area contributed by atoms with Gasteiger partial charge in [-0.25, -0.2) is 0 Å². The summed E-state index contributed by atoms with van der Waals surface area (Å²) in [4.78, 5) is 17.5. The average Bonchev–Trinajstić information content (AvgIpc) is 2.88. The molecular formula is C23H31N3O3. The van der Waals surface area contributed by atoms with Crippen LogP contribution in [0.15, 0.2) is 22.7 Å². The molecule has 1 aromatic heterocycles. The Labute approximate surface area is 172 Å². The van der Waals surface area contributed by atoms with Gasteiger partial charge in [-0.3, -0.25) is 9.69 Å². The van der Waals surface area contributed by atoms with E-state index in [0.29, 0.717) is 5.92 Å². The maximum atomic E-state index is 13.0. The van der Waals surface area contributed by atoms with Crippen molar-refractivity contribution < 1.29 is 14.1 Å². The second-order valence-corrected chi connectivity index (χ2v) is 8.67. The van der Waals surface area contributed by atoms with Crippen molar-refractivity contribution in [2.45, 2.75) is 53.1 Å². The quantitative estimate of drug-likeness (QED) is 0.774. The second kappa shape index (κ2) is 8.19. The van der Waals surface area contributed by atoms with Crippen molar-refractivity contribution in [2.24, 2.45) is 5.92 Å². The molecule has 29 heavy (non-hydrogen) atoms. The molecule has 156 valence electrons. The second-order valence-electron chi connectivity index (χ2n) is 8.67. The Kier molecular flexibility index (Phi) is 5.63. The van der Waals surface area contributed by atoms with Crippen LogP contribution in [0.1, 0.15) is 41.0 Å². The van der Waals surface area contributed by atoms with Gasteiger partial charge in [0.25, 0.3) is 5.91 Å². The van der Waals surface area contributed by atoms with E-state index in [1.165, 1.54) is 23.1 Å². The number of hydrogen-bond donors (Lipinski definition) is 0. The van der Waals surface area contributed by atoms with Crippen molar-refractivity contribution in [2.75, 3.05) is 26.2 Å². The number of fused-ring (bicyclic) bond motifs is 4. The molecule has 3 saturated heterocycles. The van der Waals surface area contributed by atoms with Crippen molar-refractivity contribution in [3.63, 3.8) is 0 Å². The first-order valence-electron chi connectivity index (χ1n) is 10.5. The Hall–Kier alpha value is -2.34. The topological polar surface area (TPSA) is 58.8 Å². The van der Waals surface area contributed by atoms with Gasteiger partial charge in [0.05, 0.1) is 5.69 Å². The summed E-state index contributed by atoms with van der Waals surface area (Å²) in [5, 5.41) is 4.08. The van der Waals surface area contributed by atoms with Crippen LogP contribution in [0, 0.1) is 33.6 Å². The van der Waals surface area contributed by atoms with Crippen LogP contribution in [0.2, 0.25) is 0 Å². The van der Waals surface area contributed by atoms with Gasteiger partial charge in [0.2, 0.25) is 0 Å². The number of ether oxygens (including phenoxy) is 1. The molecule has 0 saturated carbocycles. The van der Waals surface area contributed by atoms with Crippen molar-refractivity contribution in [1.29, 1.82) is 0 Å². The molecule has 1 aromatic carbocycles. The average molecular weight is 398 g/mol. The molecule has 3 fully saturated rings. The van der Waals surface area contributed by atoms with Crippen LogP contribution in [-0.2, 0) is 11.3 Å². The van der Waals surface area contributed by atoms with E-state index in [4.69, 9.17) is 9.26 Å². The van der Waals surface area contributed by atoms with E-state index in [1.54, 1.807) is 0 Å². The van der Waals surface area contributed by atoms with Crippen LogP contribution < -0.4 is 4.74 Å². The third-order valence-electron chi connectivity index (χ3n) is 6.51. The fourth-order valence-corrected chi connectivity index (χ4v) is 4.60. The van der Waals surface area contributed by atoms with Gasteiger partial charge >= 0.3 is 0 Å². The van der Waals surface area contributed by atoms with E-state index >= 15 is 0 Å². The molecule has 0 N–H and O–H groups in total. The highest BCUT2D eigenvalue weighted by molar-refractivity contribution is 5.78. The highest BCUT2D eigenvalue weighted by Gasteiger charge is 2.37. The Morgan fingerprint density at radius 1 is 1.14 bits per heavy atom. The molecular weight excluding hydrogens is 366 g/mol. The molecule has 2 unspecified atom stereocenters. The molecule has 3 aliphatic rings. The van der Waals surface area contributed by atoms with Crippen LogP contribution in [0.3, 0.4) is 0 Å². The number of benzene rings is 1. The van der Waals surface area contributed by atoms with E-state index in [2.05, 4.69) is 28.8 Å². The van der Waals surface area contributed by atoms with Gasteiger partial charge in [-0.05, 0) is 69.7 Å². The van der Waals surface area contributed by atoms with Crippen molar-refractivity contribution in [3.8, 4) is 5.75 Å². The predicted octanol–water partition coefficient (Wildman–Crippen LogP) is 3.41. The van der Waals surface area contributed by atoms with Gasteiger partial charge in [-0.1, -0.05) is 11.2 Å². The lowest BCUT2D eigenvalue weighted by molar-refractivity contribution is -0.137. The Morgan fingerprint density at radius 3 is 2.69 bits per heavy atom. The maximum Gasteiger partial charge on any atom is 0.260 e. The normalized spacial score (nSPS) is 22.0. The monoisotopic (exact) mass is 397 g/mol. The summed E-state index contributed by atoms with van der Waals surface area (Å²) in [6.07, 6.45) is 2.25. The molecule has 0 spiro atoms. The fourth-order valence-electron chi connectivity index (χ4n) is 4.60. The lowest BCUT2D eigenvalue weighted by Gasteiger charge is -2.36. The van der Waals surface area contributed by atoms with E-state index in [1.807, 2.05) is 32.0 Å². The molecule has 0 radical (unpaired) electrons. The van der Waals surface area contributed by atoms with Crippen LogP contribution in [0.25, 0.3) is 0 Å². The molecule has 3 aliphatic heterocycles. The summed E-state index contributed by atoms with van der Waals surface area (Å²) in [7, 11) is 0. The van der Waals surface area contributed by atoms with Crippen LogP contribution in [-0.4, -0.2) is 53.1 Å². The summed E-state index contributed by atoms with van der Waals surface area (Å²) in [5.41, 5.74) is 4.56. The number of carbonyl (C=O) groups excluding carboxylic acids is 1. The Bertz CT molecular complexity index is 872. The van der Waals surface area contributed by atoms with Gasteiger partial charge in [0.15, 0.2) is 6.61 Å². The van der Waals surface area contributed by atoms with Crippen LogP contribution >= 0.6 is 0 Å². The first-order valence-corrected chi connectivity index (χ1v) is 10.5. The van der Waals surface area contributed by atoms with Crippen molar-refractivity contribution in [3.05, 3.63) is 46.3 Å². The summed E-state index contributed by atoms with van der Waals surface area (Å²) < 4.78 is 11.2. The molecule has 2 atom stereocenters. The summed E-state index contributed by atoms with van der Waals surface area (Å²) in [6, 6.07) is 6.23. The zero-order valence-corrected chi connectivity index (χ0v) is 17.9. The molecule has 6 nitrogen and oxygen atoms in total. The van der Waals surface area contributed by atoms with Gasteiger partial charge in [-0.15, -0.1) is 0 Å². The maximum absolute atomic E-state index is 13.0. The lowest BCUT2D eigenvalue weighted by Crippen LogP contribution is -2.49. The lowest BCUT2D eigenvalue weighted by atomic mass is 9.95. The molecule has 5 rings (SSSR count). The number of aryl methyl sites for hydroxylation is 4. The predicted molar refractivity (Wildman–Crippen MR) is 111 cm³/mol. The minimum atomic E-state index is 0.0946. The number of carbonyl (C=O) groups is 1. The smallest absolute Gasteiger partial charge is 0.260 e. The summed E-state index contributed by atoms with van der Waals surface area (Å²) >= 11 is 0. The highest BCUT2D eigenvalue weighted by Crippen LogP contribution is 2.30. The third kappa shape index (κ3) is 4.32. The van der Waals surface area contributed by atoms with Gasteiger partial charge in [-0.2, -0.15) is 0 Å². The zero-order valence-electron chi connectivity index (χ0n) is 17.9. The van der Waals surface area contributed by atoms with E-state index in [9.17, 15) is 4.79 Å². The van der Waals surface area contributed by atoms with Crippen LogP contribution in [0.4, 0.5) is 0 Å². The largest absolute Gasteiger partial charge is 0.484 e. The zero-order chi connectivity index (χ0) is 20.5. The first kappa shape index (κ1) is 20.0. The van der Waals surface area contributed by atoms with Crippen molar-refractivity contribution >= 4 is 5.91 Å². The van der Waals surface area contributed by atoms with Gasteiger partial charge < -0.3 is 14.2 Å². The third-order valence-corrected chi connectivity index (χ3v) is 6.51. The summed E-state index contributed by atoms with van der Waals surface area (Å²) in [5.74, 6) is 2.27. The van der Waals surface area contributed by atoms with E-state index in [-0.39, 0.29) is 18.6 Å². The molecule has 2 aromatic rings. The van der Waals surface area contributed by atoms with Gasteiger partial charge in [0.1, 0.15) is 11.5 Å². The van der Waals surface area contributed by atoms with Gasteiger partial charge in [0, 0.05) is 37.8 Å². The molecule has 6 heteroatoms. The number of aromatic nitrogens is 1. The molecule has 4 heterocycles. The summed E-state index contributed by atoms with van der Waals surface area (Å²) in [6.45, 7) is 11.8. The minimum absolute atomic E-state index is 0.0946. The van der Waals surface area contributed by atoms with E-state index < -0.39 is 0 Å². The number of piperidine rings is 1. The number of rotatable bonds is 5. The molecule has 2 bridgehead atoms. The molecule has 0 aliphatic carbocycles. The minimum Gasteiger partial charge on any atom is -0.484 e. The standard InChI is InChI=1S/C23H31N3O3/c1-15-5-8-21(9-16(15)2)28-14-23(27)26-11-19-6-7-20(26)12-25(10-19)13-22-17(3)24-29-18(22)4/h5,8-9,19-20H,6-7,10-14H2,1-4H3. The fraction of sp³-hybridized carbons (Fsp3) is 0.565. The first-order chi connectivity index (χ1) is 13.9. The van der Waals surface area contributed by atoms with Crippen LogP contribution in [0.5, 0.6) is 5.75 Å². The number of nitrogens with zero attached hydrogens (tertiary/aromatic N) is 3. The Morgan fingerprint density at radius 2 is 1.97 bits per heavy atom. The Balaban J connectivity index is 1.39. The van der Waals surface area contributed by atoms with E-state index in [0.717, 1.165) is 49.8 Å². The SMILES string of the molecule is Cc1ccc(OCC(=O)N2CC3CCC2CN(Cc2c(C)noc2C)C3)cc1C. The van der Waals surface area contributed by atoms with Crippen molar-refractivity contribution in [1.82, 2.24) is 15.0 Å².